The number of phenols is 1. The first kappa shape index (κ1) is 21.2. The summed E-state index contributed by atoms with van der Waals surface area (Å²) in [7, 11) is 0. The van der Waals surface area contributed by atoms with Crippen molar-refractivity contribution in [3.8, 4) is 23.3 Å². The van der Waals surface area contributed by atoms with Crippen LogP contribution in [0.1, 0.15) is 62.4 Å². The van der Waals surface area contributed by atoms with E-state index in [1.807, 2.05) is 0 Å². The number of rotatable bonds is 3. The molecule has 1 aliphatic rings. The van der Waals surface area contributed by atoms with Crippen LogP contribution in [0.25, 0.3) is 0 Å². The second-order valence-corrected chi connectivity index (χ2v) is 8.16. The standard InChI is InChI=1S/C21H22N4O7/c1-8(2)24-18(28)14(16(27)22-20(24)30)13-11-6-5-10(26)7-12(11)32-17-15(13)19(29)25(9(3)4)21(31)23-17/h5-9,13,26,28H,1-4H3,(H,23,31)(H,22,27,30). The molecule has 1 atom stereocenters. The summed E-state index contributed by atoms with van der Waals surface area (Å²) >= 11 is 0. The van der Waals surface area contributed by atoms with Crippen LogP contribution in [-0.2, 0) is 0 Å². The van der Waals surface area contributed by atoms with Gasteiger partial charge < -0.3 is 14.9 Å². The molecule has 168 valence electrons. The van der Waals surface area contributed by atoms with Crippen LogP contribution in [0.5, 0.6) is 23.3 Å². The SMILES string of the molecule is CC(C)n1c(O)c(C2c3ccc(O)cc3Oc3[nH]c(=O)n(C(C)C)c(=O)c32)c(=O)[nH]c1=O. The van der Waals surface area contributed by atoms with Crippen LogP contribution in [-0.4, -0.2) is 29.3 Å². The average Bonchev–Trinajstić information content (AvgIpc) is 2.65. The highest BCUT2D eigenvalue weighted by molar-refractivity contribution is 5.58. The van der Waals surface area contributed by atoms with Crippen molar-refractivity contribution in [1.82, 2.24) is 19.1 Å². The highest BCUT2D eigenvalue weighted by Gasteiger charge is 2.38. The van der Waals surface area contributed by atoms with E-state index in [0.717, 1.165) is 9.13 Å². The summed E-state index contributed by atoms with van der Waals surface area (Å²) in [5.41, 5.74) is -3.14. The smallest absolute Gasteiger partial charge is 0.331 e. The zero-order valence-electron chi connectivity index (χ0n) is 17.8. The Balaban J connectivity index is 2.18. The van der Waals surface area contributed by atoms with Gasteiger partial charge in [0.25, 0.3) is 11.1 Å². The van der Waals surface area contributed by atoms with Gasteiger partial charge in [0.2, 0.25) is 11.8 Å². The third-order valence-electron chi connectivity index (χ3n) is 5.42. The zero-order chi connectivity index (χ0) is 23.5. The lowest BCUT2D eigenvalue weighted by Gasteiger charge is -2.28. The van der Waals surface area contributed by atoms with Gasteiger partial charge in [0, 0.05) is 23.7 Å². The van der Waals surface area contributed by atoms with E-state index in [2.05, 4.69) is 9.97 Å². The molecule has 1 unspecified atom stereocenters. The van der Waals surface area contributed by atoms with Crippen LogP contribution in [0.4, 0.5) is 0 Å². The van der Waals surface area contributed by atoms with E-state index in [9.17, 15) is 29.4 Å². The van der Waals surface area contributed by atoms with Gasteiger partial charge in [-0.2, -0.15) is 0 Å². The summed E-state index contributed by atoms with van der Waals surface area (Å²) in [6, 6.07) is 3.05. The third-order valence-corrected chi connectivity index (χ3v) is 5.42. The lowest BCUT2D eigenvalue weighted by Crippen LogP contribution is -2.42. The van der Waals surface area contributed by atoms with Gasteiger partial charge >= 0.3 is 11.4 Å². The number of nitrogens with zero attached hydrogens (tertiary/aromatic N) is 2. The molecular weight excluding hydrogens is 420 g/mol. The Kier molecular flexibility index (Phi) is 4.83. The number of hydrogen-bond donors (Lipinski definition) is 4. The normalized spacial score (nSPS) is 14.9. The fourth-order valence-electron chi connectivity index (χ4n) is 4.05. The van der Waals surface area contributed by atoms with Gasteiger partial charge in [-0.25, -0.2) is 9.59 Å². The van der Waals surface area contributed by atoms with Crippen molar-refractivity contribution < 1.29 is 14.9 Å². The maximum atomic E-state index is 13.4. The summed E-state index contributed by atoms with van der Waals surface area (Å²) in [4.78, 5) is 55.8. The molecule has 0 saturated heterocycles. The molecule has 4 N–H and O–H groups in total. The second-order valence-electron chi connectivity index (χ2n) is 8.16. The number of aromatic amines is 2. The van der Waals surface area contributed by atoms with Gasteiger partial charge in [0.15, 0.2) is 0 Å². The van der Waals surface area contributed by atoms with E-state index in [0.29, 0.717) is 5.56 Å². The third kappa shape index (κ3) is 3.04. The van der Waals surface area contributed by atoms with E-state index in [-0.39, 0.29) is 28.5 Å². The molecular formula is C21H22N4O7. The highest BCUT2D eigenvalue weighted by atomic mass is 16.5. The minimum atomic E-state index is -1.18. The molecule has 0 spiro atoms. The lowest BCUT2D eigenvalue weighted by atomic mass is 9.84. The number of H-pyrrole nitrogens is 2. The quantitative estimate of drug-likeness (QED) is 0.371. The first-order valence-electron chi connectivity index (χ1n) is 10.00. The van der Waals surface area contributed by atoms with E-state index in [1.54, 1.807) is 27.7 Å². The molecule has 0 saturated carbocycles. The molecule has 0 bridgehead atoms. The van der Waals surface area contributed by atoms with Gasteiger partial charge in [-0.15, -0.1) is 0 Å². The van der Waals surface area contributed by atoms with Gasteiger partial charge in [-0.3, -0.25) is 28.7 Å². The minimum absolute atomic E-state index is 0.0776. The fourth-order valence-corrected chi connectivity index (χ4v) is 4.05. The van der Waals surface area contributed by atoms with E-state index in [4.69, 9.17) is 4.74 Å². The van der Waals surface area contributed by atoms with Gasteiger partial charge in [-0.1, -0.05) is 6.07 Å². The topological polar surface area (TPSA) is 159 Å². The Bertz CT molecular complexity index is 1470. The first-order chi connectivity index (χ1) is 15.0. The molecule has 0 fully saturated rings. The number of hydrogen-bond acceptors (Lipinski definition) is 7. The molecule has 1 aromatic carbocycles. The molecule has 2 aromatic heterocycles. The lowest BCUT2D eigenvalue weighted by molar-refractivity contribution is 0.368. The van der Waals surface area contributed by atoms with Crippen LogP contribution < -0.4 is 27.2 Å². The largest absolute Gasteiger partial charge is 0.508 e. The van der Waals surface area contributed by atoms with Crippen molar-refractivity contribution in [3.05, 3.63) is 76.6 Å². The number of fused-ring (bicyclic) bond motifs is 2. The predicted molar refractivity (Wildman–Crippen MR) is 114 cm³/mol. The number of aromatic nitrogens is 4. The van der Waals surface area contributed by atoms with E-state index in [1.165, 1.54) is 18.2 Å². The van der Waals surface area contributed by atoms with Crippen LogP contribution >= 0.6 is 0 Å². The van der Waals surface area contributed by atoms with Crippen LogP contribution in [0, 0.1) is 0 Å². The molecule has 0 aliphatic carbocycles. The molecule has 32 heavy (non-hydrogen) atoms. The second kappa shape index (κ2) is 7.29. The monoisotopic (exact) mass is 442 g/mol. The van der Waals surface area contributed by atoms with Crippen molar-refractivity contribution in [1.29, 1.82) is 0 Å². The van der Waals surface area contributed by atoms with Gasteiger partial charge in [0.05, 0.1) is 17.0 Å². The summed E-state index contributed by atoms with van der Waals surface area (Å²) in [6.45, 7) is 6.60. The average molecular weight is 442 g/mol. The van der Waals surface area contributed by atoms with Gasteiger partial charge in [0.1, 0.15) is 11.5 Å². The summed E-state index contributed by atoms with van der Waals surface area (Å²) in [6.07, 6.45) is 0. The Hall–Kier alpha value is -4.02. The number of benzene rings is 1. The van der Waals surface area contributed by atoms with E-state index >= 15 is 0 Å². The number of ether oxygens (including phenoxy) is 1. The first-order valence-corrected chi connectivity index (χ1v) is 10.00. The maximum Gasteiger partial charge on any atom is 0.331 e. The summed E-state index contributed by atoms with van der Waals surface area (Å²) in [5.74, 6) is -2.05. The highest BCUT2D eigenvalue weighted by Crippen LogP contribution is 2.46. The van der Waals surface area contributed by atoms with E-state index < -0.39 is 46.4 Å². The molecule has 0 amide bonds. The Morgan fingerprint density at radius 1 is 0.906 bits per heavy atom. The minimum Gasteiger partial charge on any atom is -0.508 e. The number of nitrogens with one attached hydrogen (secondary N) is 2. The van der Waals surface area contributed by atoms with Crippen molar-refractivity contribution in [3.63, 3.8) is 0 Å². The molecule has 11 heteroatoms. The fraction of sp³-hybridized carbons (Fsp3) is 0.333. The Morgan fingerprint density at radius 3 is 2.16 bits per heavy atom. The van der Waals surface area contributed by atoms with Gasteiger partial charge in [-0.05, 0) is 33.8 Å². The molecule has 3 heterocycles. The predicted octanol–water partition coefficient (Wildman–Crippen LogP) is 1.25. The zero-order valence-corrected chi connectivity index (χ0v) is 17.8. The molecule has 1 aliphatic heterocycles. The van der Waals surface area contributed by atoms with Crippen molar-refractivity contribution in [2.24, 2.45) is 0 Å². The number of aromatic hydroxyl groups is 2. The number of phenolic OH excluding ortho intramolecular Hbond substituents is 1. The molecule has 11 nitrogen and oxygen atoms in total. The summed E-state index contributed by atoms with van der Waals surface area (Å²) in [5, 5.41) is 20.9. The maximum absolute atomic E-state index is 13.4. The molecule has 3 aromatic rings. The summed E-state index contributed by atoms with van der Waals surface area (Å²) < 4.78 is 7.67. The van der Waals surface area contributed by atoms with Crippen LogP contribution in [0.3, 0.4) is 0 Å². The van der Waals surface area contributed by atoms with Crippen molar-refractivity contribution >= 4 is 0 Å². The Labute approximate surface area is 180 Å². The molecule has 0 radical (unpaired) electrons. The van der Waals surface area contributed by atoms with Crippen molar-refractivity contribution in [2.75, 3.05) is 0 Å². The molecule has 4 rings (SSSR count). The van der Waals surface area contributed by atoms with Crippen LogP contribution in [0.2, 0.25) is 0 Å². The van der Waals surface area contributed by atoms with Crippen molar-refractivity contribution in [2.45, 2.75) is 45.7 Å². The Morgan fingerprint density at radius 2 is 1.53 bits per heavy atom. The van der Waals surface area contributed by atoms with Crippen LogP contribution in [0.15, 0.2) is 37.4 Å².